The number of carbonyl (C=O) groups is 2. The molecule has 3 aromatic rings. The summed E-state index contributed by atoms with van der Waals surface area (Å²) in [4.78, 5) is 29.0. The number of benzene rings is 1. The van der Waals surface area contributed by atoms with Gasteiger partial charge in [-0.1, -0.05) is 6.07 Å². The molecule has 1 aromatic carbocycles. The highest BCUT2D eigenvalue weighted by molar-refractivity contribution is 6.05. The minimum atomic E-state index is -0.247. The van der Waals surface area contributed by atoms with Crippen LogP contribution in [0.5, 0.6) is 0 Å². The van der Waals surface area contributed by atoms with Gasteiger partial charge in [0.25, 0.3) is 11.8 Å². The average Bonchev–Trinajstić information content (AvgIpc) is 3.10. The highest BCUT2D eigenvalue weighted by atomic mass is 16.3. The Morgan fingerprint density at radius 1 is 1.07 bits per heavy atom. The highest BCUT2D eigenvalue weighted by Gasteiger charge is 2.14. The molecule has 0 saturated heterocycles. The van der Waals surface area contributed by atoms with Crippen LogP contribution in [0.15, 0.2) is 59.3 Å². The molecule has 3 rings (SSSR count). The number of carbonyl (C=O) groups excluding carboxylic acids is 2. The minimum absolute atomic E-state index is 0.0513. The summed E-state index contributed by atoms with van der Waals surface area (Å²) in [5, 5.41) is 5.78. The third-order valence-corrected chi connectivity index (χ3v) is 4.50. The highest BCUT2D eigenvalue weighted by Crippen LogP contribution is 2.15. The first kappa shape index (κ1) is 19.4. The summed E-state index contributed by atoms with van der Waals surface area (Å²) in [5.74, 6) is 0.151. The van der Waals surface area contributed by atoms with Crippen LogP contribution in [-0.4, -0.2) is 22.8 Å². The van der Waals surface area contributed by atoms with E-state index in [1.165, 1.54) is 6.26 Å². The summed E-state index contributed by atoms with van der Waals surface area (Å²) in [6.07, 6.45) is 3.90. The quantitative estimate of drug-likeness (QED) is 0.682. The van der Waals surface area contributed by atoms with E-state index in [2.05, 4.69) is 15.6 Å². The fourth-order valence-corrected chi connectivity index (χ4v) is 2.90. The fraction of sp³-hybridized carbons (Fsp3) is 0.227. The van der Waals surface area contributed by atoms with Crippen molar-refractivity contribution in [3.05, 3.63) is 83.1 Å². The summed E-state index contributed by atoms with van der Waals surface area (Å²) in [7, 11) is 0. The molecule has 0 aliphatic heterocycles. The number of hydrogen-bond acceptors (Lipinski definition) is 4. The second-order valence-corrected chi connectivity index (χ2v) is 6.77. The third kappa shape index (κ3) is 4.65. The van der Waals surface area contributed by atoms with Gasteiger partial charge in [-0.15, -0.1) is 0 Å². The van der Waals surface area contributed by atoms with Gasteiger partial charge in [0.2, 0.25) is 0 Å². The molecule has 28 heavy (non-hydrogen) atoms. The van der Waals surface area contributed by atoms with Crippen molar-refractivity contribution in [2.75, 3.05) is 5.32 Å². The Balaban J connectivity index is 1.58. The van der Waals surface area contributed by atoms with E-state index in [0.717, 1.165) is 11.3 Å². The van der Waals surface area contributed by atoms with Crippen LogP contribution in [0, 0.1) is 13.8 Å². The lowest BCUT2D eigenvalue weighted by atomic mass is 10.1. The lowest BCUT2D eigenvalue weighted by molar-refractivity contribution is 0.0939. The van der Waals surface area contributed by atoms with Crippen molar-refractivity contribution >= 4 is 17.5 Å². The molecule has 144 valence electrons. The SMILES string of the molecule is Cc1cccnc1C[C@@H](C)NC(=O)c1ccc(NC(=O)c2ccoc2C)cc1. The van der Waals surface area contributed by atoms with Crippen LogP contribution in [0.1, 0.15) is 44.7 Å². The monoisotopic (exact) mass is 377 g/mol. The molecule has 1 atom stereocenters. The predicted octanol–water partition coefficient (Wildman–Crippen LogP) is 3.90. The molecule has 6 heteroatoms. The number of nitrogens with zero attached hydrogens (tertiary/aromatic N) is 1. The second-order valence-electron chi connectivity index (χ2n) is 6.77. The number of aromatic nitrogens is 1. The number of furan rings is 1. The van der Waals surface area contributed by atoms with Crippen molar-refractivity contribution in [2.24, 2.45) is 0 Å². The van der Waals surface area contributed by atoms with Crippen molar-refractivity contribution in [3.8, 4) is 0 Å². The molecular formula is C22H23N3O3. The molecule has 6 nitrogen and oxygen atoms in total. The van der Waals surface area contributed by atoms with E-state index in [1.54, 1.807) is 43.5 Å². The van der Waals surface area contributed by atoms with E-state index in [0.29, 0.717) is 29.0 Å². The maximum Gasteiger partial charge on any atom is 0.259 e. The number of anilines is 1. The van der Waals surface area contributed by atoms with Gasteiger partial charge in [0, 0.05) is 35.6 Å². The number of rotatable bonds is 6. The molecule has 0 radical (unpaired) electrons. The Morgan fingerprint density at radius 2 is 1.82 bits per heavy atom. The lowest BCUT2D eigenvalue weighted by Crippen LogP contribution is -2.34. The molecule has 2 aromatic heterocycles. The number of amides is 2. The molecule has 0 bridgehead atoms. The normalized spacial score (nSPS) is 11.7. The van der Waals surface area contributed by atoms with Gasteiger partial charge in [-0.3, -0.25) is 14.6 Å². The summed E-state index contributed by atoms with van der Waals surface area (Å²) in [6, 6.07) is 12.3. The molecule has 0 unspecified atom stereocenters. The topological polar surface area (TPSA) is 84.2 Å². The first-order valence-electron chi connectivity index (χ1n) is 9.11. The number of nitrogens with one attached hydrogen (secondary N) is 2. The first-order valence-corrected chi connectivity index (χ1v) is 9.11. The first-order chi connectivity index (χ1) is 13.4. The van der Waals surface area contributed by atoms with E-state index < -0.39 is 0 Å². The van der Waals surface area contributed by atoms with Gasteiger partial charge in [0.1, 0.15) is 5.76 Å². The molecule has 0 aliphatic rings. The van der Waals surface area contributed by atoms with Crippen molar-refractivity contribution in [1.29, 1.82) is 0 Å². The van der Waals surface area contributed by atoms with Gasteiger partial charge in [0.05, 0.1) is 11.8 Å². The van der Waals surface area contributed by atoms with Gasteiger partial charge in [0.15, 0.2) is 0 Å². The Kier molecular flexibility index (Phi) is 5.89. The van der Waals surface area contributed by atoms with E-state index in [9.17, 15) is 9.59 Å². The third-order valence-electron chi connectivity index (χ3n) is 4.50. The minimum Gasteiger partial charge on any atom is -0.469 e. The largest absolute Gasteiger partial charge is 0.469 e. The van der Waals surface area contributed by atoms with Crippen LogP contribution in [0.2, 0.25) is 0 Å². The van der Waals surface area contributed by atoms with Crippen molar-refractivity contribution in [1.82, 2.24) is 10.3 Å². The zero-order chi connectivity index (χ0) is 20.1. The van der Waals surface area contributed by atoms with Crippen molar-refractivity contribution < 1.29 is 14.0 Å². The van der Waals surface area contributed by atoms with Crippen LogP contribution in [-0.2, 0) is 6.42 Å². The Morgan fingerprint density at radius 3 is 2.46 bits per heavy atom. The fourth-order valence-electron chi connectivity index (χ4n) is 2.90. The van der Waals surface area contributed by atoms with Crippen molar-refractivity contribution in [2.45, 2.75) is 33.2 Å². The summed E-state index contributed by atoms with van der Waals surface area (Å²) in [5.41, 5.74) is 3.71. The zero-order valence-corrected chi connectivity index (χ0v) is 16.2. The molecular weight excluding hydrogens is 354 g/mol. The molecule has 2 amide bonds. The van der Waals surface area contributed by atoms with Gasteiger partial charge in [-0.05, 0) is 62.7 Å². The molecule has 0 aliphatic carbocycles. The van der Waals surface area contributed by atoms with Crippen LogP contribution < -0.4 is 10.6 Å². The molecule has 0 fully saturated rings. The molecule has 2 heterocycles. The molecule has 0 saturated carbocycles. The Hall–Kier alpha value is -3.41. The smallest absolute Gasteiger partial charge is 0.259 e. The van der Waals surface area contributed by atoms with Gasteiger partial charge in [-0.2, -0.15) is 0 Å². The van der Waals surface area contributed by atoms with Crippen LogP contribution in [0.25, 0.3) is 0 Å². The summed E-state index contributed by atoms with van der Waals surface area (Å²) >= 11 is 0. The van der Waals surface area contributed by atoms with Gasteiger partial charge in [-0.25, -0.2) is 0 Å². The van der Waals surface area contributed by atoms with Crippen LogP contribution >= 0.6 is 0 Å². The van der Waals surface area contributed by atoms with Gasteiger partial charge < -0.3 is 15.1 Å². The Bertz CT molecular complexity index is 977. The zero-order valence-electron chi connectivity index (χ0n) is 16.2. The van der Waals surface area contributed by atoms with Crippen LogP contribution in [0.4, 0.5) is 5.69 Å². The second kappa shape index (κ2) is 8.52. The van der Waals surface area contributed by atoms with Crippen molar-refractivity contribution in [3.63, 3.8) is 0 Å². The van der Waals surface area contributed by atoms with E-state index in [-0.39, 0.29) is 17.9 Å². The number of aryl methyl sites for hydroxylation is 2. The van der Waals surface area contributed by atoms with E-state index in [1.807, 2.05) is 26.0 Å². The maximum atomic E-state index is 12.5. The summed E-state index contributed by atoms with van der Waals surface area (Å²) < 4.78 is 5.14. The lowest BCUT2D eigenvalue weighted by Gasteiger charge is -2.15. The van der Waals surface area contributed by atoms with E-state index in [4.69, 9.17) is 4.42 Å². The number of pyridine rings is 1. The molecule has 2 N–H and O–H groups in total. The van der Waals surface area contributed by atoms with E-state index >= 15 is 0 Å². The summed E-state index contributed by atoms with van der Waals surface area (Å²) in [6.45, 7) is 5.69. The predicted molar refractivity (Wildman–Crippen MR) is 107 cm³/mol. The average molecular weight is 377 g/mol. The van der Waals surface area contributed by atoms with Gasteiger partial charge >= 0.3 is 0 Å². The number of hydrogen-bond donors (Lipinski definition) is 2. The van der Waals surface area contributed by atoms with Crippen LogP contribution in [0.3, 0.4) is 0 Å². The standard InChI is InChI=1S/C22H23N3O3/c1-14-5-4-11-23-20(14)13-15(2)24-21(26)17-6-8-18(9-7-17)25-22(27)19-10-12-28-16(19)3/h4-12,15H,13H2,1-3H3,(H,24,26)(H,25,27)/t15-/m1/s1. The maximum absolute atomic E-state index is 12.5. The molecule has 0 spiro atoms. The Labute approximate surface area is 164 Å².